The Kier molecular flexibility index (Phi) is 20.2. The van der Waals surface area contributed by atoms with Gasteiger partial charge >= 0.3 is 11.7 Å². The molecule has 0 aliphatic rings. The molecule has 1 heterocycles. The van der Waals surface area contributed by atoms with Crippen LogP contribution in [0.4, 0.5) is 11.4 Å². The highest BCUT2D eigenvalue weighted by molar-refractivity contribution is 5.99. The zero-order valence-electron chi connectivity index (χ0n) is 36.6. The SMILES string of the molecule is CCCC[C@H](NC(=O)[C@H](CC(C)C)NC(=O)CNC(=O)[C@@H](NC(=O)[C@H](Cc1ccccc1)NC(=O)[C@H](CO)NC(=O)[C@H](CC(=O)O)Nc1ccc([N+](=O)[O-])c2nonc12)C(C)C)C(N)=O. The standard InChI is InChI=1S/C41H57N11O13/c1-6-7-13-25(36(42)57)46-37(58)26(16-21(2)3)45-31(54)19-43-41(62)33(22(4)5)49-39(60)27(17-23-11-9-8-10-12-23)47-40(61)29(20-53)48-38(59)28(18-32(55)56)44-24-14-15-30(52(63)64)35-34(24)50-65-51-35/h8-12,14-15,21-22,25-29,33,44,53H,6-7,13,16-20H2,1-5H3,(H2,42,57)(H,43,62)(H,45,54)(H,46,58)(H,47,61)(H,48,59)(H,49,60)(H,55,56)/t25-,26-,27-,28-,29-,33-/m0/s1. The van der Waals surface area contributed by atoms with Crippen molar-refractivity contribution < 1.29 is 58.1 Å². The first-order valence-electron chi connectivity index (χ1n) is 20.9. The van der Waals surface area contributed by atoms with Crippen molar-refractivity contribution in [2.45, 2.75) is 109 Å². The number of anilines is 1. The van der Waals surface area contributed by atoms with Crippen LogP contribution in [0.25, 0.3) is 11.0 Å². The monoisotopic (exact) mass is 911 g/mol. The highest BCUT2D eigenvalue weighted by Crippen LogP contribution is 2.29. The lowest BCUT2D eigenvalue weighted by atomic mass is 10.0. The van der Waals surface area contributed by atoms with Gasteiger partial charge in [0, 0.05) is 12.5 Å². The number of aliphatic carboxylic acids is 1. The fourth-order valence-corrected chi connectivity index (χ4v) is 6.47. The van der Waals surface area contributed by atoms with E-state index >= 15 is 0 Å². The number of non-ortho nitro benzene ring substituents is 1. The van der Waals surface area contributed by atoms with Crippen molar-refractivity contribution in [2.24, 2.45) is 17.6 Å². The number of fused-ring (bicyclic) bond motifs is 1. The van der Waals surface area contributed by atoms with Crippen LogP contribution in [0.15, 0.2) is 47.1 Å². The molecule has 24 heteroatoms. The Morgan fingerprint density at radius 2 is 1.37 bits per heavy atom. The fraction of sp³-hybridized carbons (Fsp3) is 0.512. The van der Waals surface area contributed by atoms with Crippen LogP contribution in [0.1, 0.15) is 72.3 Å². The minimum atomic E-state index is -1.75. The number of unbranched alkanes of at least 4 members (excludes halogenated alkanes) is 1. The van der Waals surface area contributed by atoms with Gasteiger partial charge in [0.15, 0.2) is 5.52 Å². The van der Waals surface area contributed by atoms with E-state index in [2.05, 4.69) is 52.2 Å². The van der Waals surface area contributed by atoms with Gasteiger partial charge < -0.3 is 53.2 Å². The summed E-state index contributed by atoms with van der Waals surface area (Å²) in [6, 6.07) is 2.50. The Hall–Kier alpha value is -7.24. The average Bonchev–Trinajstić information content (AvgIpc) is 3.74. The van der Waals surface area contributed by atoms with Gasteiger partial charge in [-0.05, 0) is 46.6 Å². The van der Waals surface area contributed by atoms with Crippen molar-refractivity contribution in [3.8, 4) is 0 Å². The van der Waals surface area contributed by atoms with E-state index in [4.69, 9.17) is 5.73 Å². The zero-order valence-corrected chi connectivity index (χ0v) is 36.6. The van der Waals surface area contributed by atoms with Crippen LogP contribution < -0.4 is 43.0 Å². The van der Waals surface area contributed by atoms with Crippen molar-refractivity contribution >= 4 is 69.7 Å². The summed E-state index contributed by atoms with van der Waals surface area (Å²) in [6.45, 7) is 7.19. The number of nitro groups is 1. The molecule has 11 N–H and O–H groups in total. The summed E-state index contributed by atoms with van der Waals surface area (Å²) >= 11 is 0. The zero-order chi connectivity index (χ0) is 48.4. The first kappa shape index (κ1) is 52.1. The summed E-state index contributed by atoms with van der Waals surface area (Å²) in [6.07, 6.45) is 0.901. The maximum Gasteiger partial charge on any atom is 0.305 e. The molecule has 0 bridgehead atoms. The van der Waals surface area contributed by atoms with Crippen LogP contribution in [-0.4, -0.2) is 122 Å². The number of aliphatic hydroxyl groups is 1. The highest BCUT2D eigenvalue weighted by Gasteiger charge is 2.34. The van der Waals surface area contributed by atoms with E-state index in [1.807, 2.05) is 20.8 Å². The number of nitrogens with two attached hydrogens (primary N) is 1. The average molecular weight is 912 g/mol. The Morgan fingerprint density at radius 3 is 1.95 bits per heavy atom. The molecule has 3 rings (SSSR count). The molecule has 6 atom stereocenters. The summed E-state index contributed by atoms with van der Waals surface area (Å²) in [5.74, 6) is -7.98. The Morgan fingerprint density at radius 1 is 0.769 bits per heavy atom. The lowest BCUT2D eigenvalue weighted by Gasteiger charge is -2.27. The second kappa shape index (κ2) is 25.2. The first-order chi connectivity index (χ1) is 30.7. The molecule has 354 valence electrons. The number of benzene rings is 2. The minimum Gasteiger partial charge on any atom is -0.481 e. The second-order valence-corrected chi connectivity index (χ2v) is 15.9. The number of nitrogens with one attached hydrogen (secondary N) is 7. The minimum absolute atomic E-state index is 0.0533. The number of primary amides is 1. The number of nitro benzene ring substituents is 1. The van der Waals surface area contributed by atoms with Crippen molar-refractivity contribution in [1.29, 1.82) is 0 Å². The number of hydrogen-bond donors (Lipinski definition) is 10. The summed E-state index contributed by atoms with van der Waals surface area (Å²) in [7, 11) is 0. The van der Waals surface area contributed by atoms with Gasteiger partial charge in [-0.1, -0.05) is 77.8 Å². The van der Waals surface area contributed by atoms with Gasteiger partial charge in [-0.15, -0.1) is 0 Å². The van der Waals surface area contributed by atoms with Crippen LogP contribution in [0.5, 0.6) is 0 Å². The van der Waals surface area contributed by atoms with Crippen LogP contribution >= 0.6 is 0 Å². The predicted molar refractivity (Wildman–Crippen MR) is 231 cm³/mol. The van der Waals surface area contributed by atoms with Crippen LogP contribution in [0.2, 0.25) is 0 Å². The van der Waals surface area contributed by atoms with E-state index < -0.39 is 120 Å². The van der Waals surface area contributed by atoms with Gasteiger partial charge in [0.1, 0.15) is 36.3 Å². The molecule has 1 aromatic heterocycles. The van der Waals surface area contributed by atoms with Gasteiger partial charge in [0.2, 0.25) is 46.9 Å². The highest BCUT2D eigenvalue weighted by atomic mass is 16.6. The van der Waals surface area contributed by atoms with E-state index in [9.17, 15) is 58.7 Å². The molecule has 7 amide bonds. The molecule has 0 saturated heterocycles. The van der Waals surface area contributed by atoms with E-state index in [-0.39, 0.29) is 35.5 Å². The summed E-state index contributed by atoms with van der Waals surface area (Å²) in [4.78, 5) is 115. The first-order valence-corrected chi connectivity index (χ1v) is 20.9. The van der Waals surface area contributed by atoms with E-state index in [1.54, 1.807) is 44.2 Å². The van der Waals surface area contributed by atoms with E-state index in [0.717, 1.165) is 18.6 Å². The molecule has 0 saturated carbocycles. The number of hydrogen-bond acceptors (Lipinski definition) is 15. The number of carboxylic acid groups (broad SMARTS) is 1. The van der Waals surface area contributed by atoms with Crippen LogP contribution in [-0.2, 0) is 44.8 Å². The predicted octanol–water partition coefficient (Wildman–Crippen LogP) is -0.461. The number of aliphatic hydroxyl groups excluding tert-OH is 1. The lowest BCUT2D eigenvalue weighted by molar-refractivity contribution is -0.383. The molecule has 0 aliphatic carbocycles. The number of aromatic nitrogens is 2. The molecular formula is C41H57N11O13. The van der Waals surface area contributed by atoms with Crippen LogP contribution in [0.3, 0.4) is 0 Å². The van der Waals surface area contributed by atoms with Gasteiger partial charge in [0.05, 0.1) is 30.2 Å². The molecule has 0 aliphatic heterocycles. The number of carbonyl (C=O) groups is 8. The molecule has 0 fully saturated rings. The third kappa shape index (κ3) is 16.1. The fourth-order valence-electron chi connectivity index (χ4n) is 6.47. The van der Waals surface area contributed by atoms with Gasteiger partial charge in [0.25, 0.3) is 0 Å². The third-order valence-corrected chi connectivity index (χ3v) is 9.88. The van der Waals surface area contributed by atoms with E-state index in [1.165, 1.54) is 0 Å². The van der Waals surface area contributed by atoms with Gasteiger partial charge in [-0.3, -0.25) is 48.5 Å². The molecule has 0 unspecified atom stereocenters. The molecule has 65 heavy (non-hydrogen) atoms. The molecular weight excluding hydrogens is 855 g/mol. The molecule has 3 aromatic rings. The normalized spacial score (nSPS) is 13.9. The summed E-state index contributed by atoms with van der Waals surface area (Å²) in [5, 5.41) is 55.9. The Balaban J connectivity index is 1.75. The number of rotatable bonds is 27. The van der Waals surface area contributed by atoms with Crippen molar-refractivity contribution in [3.05, 3.63) is 58.1 Å². The van der Waals surface area contributed by atoms with Crippen molar-refractivity contribution in [1.82, 2.24) is 42.2 Å². The van der Waals surface area contributed by atoms with Gasteiger partial charge in [-0.25, -0.2) is 4.63 Å². The number of carboxylic acids is 1. The van der Waals surface area contributed by atoms with Gasteiger partial charge in [-0.2, -0.15) is 0 Å². The Bertz CT molecular complexity index is 2170. The number of nitrogens with zero attached hydrogens (tertiary/aromatic N) is 3. The Labute approximate surface area is 373 Å². The maximum absolute atomic E-state index is 13.9. The molecule has 0 radical (unpaired) electrons. The van der Waals surface area contributed by atoms with Crippen molar-refractivity contribution in [3.63, 3.8) is 0 Å². The second-order valence-electron chi connectivity index (χ2n) is 15.9. The van der Waals surface area contributed by atoms with Crippen molar-refractivity contribution in [2.75, 3.05) is 18.5 Å². The largest absolute Gasteiger partial charge is 0.481 e. The lowest BCUT2D eigenvalue weighted by Crippen LogP contribution is -2.60. The summed E-state index contributed by atoms with van der Waals surface area (Å²) < 4.78 is 4.62. The number of carbonyl (C=O) groups excluding carboxylic acids is 7. The van der Waals surface area contributed by atoms with E-state index in [0.29, 0.717) is 18.4 Å². The maximum atomic E-state index is 13.9. The topological polar surface area (TPSA) is 369 Å². The number of amides is 7. The van der Waals surface area contributed by atoms with Crippen LogP contribution in [0, 0.1) is 22.0 Å². The quantitative estimate of drug-likeness (QED) is 0.0342. The molecule has 0 spiro atoms. The summed E-state index contributed by atoms with van der Waals surface area (Å²) in [5.41, 5.74) is 5.00. The third-order valence-electron chi connectivity index (χ3n) is 9.88. The smallest absolute Gasteiger partial charge is 0.305 e. The molecule has 2 aromatic carbocycles. The molecule has 24 nitrogen and oxygen atoms in total.